The molecule has 6 rings (SSSR count). The van der Waals surface area contributed by atoms with Gasteiger partial charge in [-0.05, 0) is 138 Å². The number of rotatable bonds is 64. The van der Waals surface area contributed by atoms with Gasteiger partial charge in [0.2, 0.25) is 11.6 Å². The molecule has 2 spiro atoms. The van der Waals surface area contributed by atoms with E-state index in [4.69, 9.17) is 43.5 Å². The van der Waals surface area contributed by atoms with Gasteiger partial charge in [-0.2, -0.15) is 0 Å². The van der Waals surface area contributed by atoms with Crippen molar-refractivity contribution in [2.75, 3.05) is 32.7 Å². The van der Waals surface area contributed by atoms with Crippen molar-refractivity contribution in [2.45, 2.75) is 461 Å². The number of carbonyl (C=O) groups is 10. The average Bonchev–Trinajstić information content (AvgIpc) is 0.789. The highest BCUT2D eigenvalue weighted by Crippen LogP contribution is 2.42. The molecule has 2 saturated heterocycles. The third kappa shape index (κ3) is 47.9. The number of carbonyl (C=O) groups excluding carboxylic acids is 9. The summed E-state index contributed by atoms with van der Waals surface area (Å²) in [7, 11) is 0. The largest absolute Gasteiger partial charge is 0.479 e. The number of nitrogens with one attached hydrogen (secondary N) is 2. The monoisotopic (exact) mass is 1700 g/mol. The molecule has 676 valence electrons. The quantitative estimate of drug-likeness (QED) is 0.0272. The van der Waals surface area contributed by atoms with Crippen LogP contribution in [0.15, 0.2) is 48.5 Å². The Morgan fingerprint density at radius 2 is 0.723 bits per heavy atom. The first-order valence-corrected chi connectivity index (χ1v) is 49.0. The highest BCUT2D eigenvalue weighted by Gasteiger charge is 2.45. The number of unbranched alkanes of at least 4 members (excludes halogenated alkanes) is 32. The van der Waals surface area contributed by atoms with Crippen LogP contribution in [0, 0.1) is 0 Å². The molecule has 119 heavy (non-hydrogen) atoms. The Bertz CT molecular complexity index is 3120. The third-order valence-corrected chi connectivity index (χ3v) is 25.8. The Balaban J connectivity index is 0.000000416. The van der Waals surface area contributed by atoms with Gasteiger partial charge in [0.05, 0.1) is 12.8 Å². The van der Waals surface area contributed by atoms with Gasteiger partial charge in [0.25, 0.3) is 11.8 Å². The minimum atomic E-state index is -1.11. The summed E-state index contributed by atoms with van der Waals surface area (Å²) in [5.41, 5.74) is 7.49. The number of likely N-dealkylation sites (tertiary alicyclic amines) is 2. The molecule has 2 aliphatic heterocycles. The summed E-state index contributed by atoms with van der Waals surface area (Å²) in [6.07, 6.45) is 60.7. The molecule has 2 aromatic carbocycles. The van der Waals surface area contributed by atoms with Gasteiger partial charge < -0.3 is 30.9 Å². The van der Waals surface area contributed by atoms with E-state index in [9.17, 15) is 47.9 Å². The first kappa shape index (κ1) is 106. The Kier molecular flexibility index (Phi) is 58.9. The lowest BCUT2D eigenvalue weighted by Gasteiger charge is -2.52. The fourth-order valence-corrected chi connectivity index (χ4v) is 18.4. The summed E-state index contributed by atoms with van der Waals surface area (Å²) >= 11 is 11.8. The van der Waals surface area contributed by atoms with Gasteiger partial charge >= 0.3 is 17.9 Å². The zero-order chi connectivity index (χ0) is 86.4. The molecule has 2 heterocycles. The molecule has 20 heteroatoms. The first-order valence-electron chi connectivity index (χ1n) is 48.2. The number of nitrogens with two attached hydrogens (primary N) is 1. The molecule has 2 saturated carbocycles. The topological polar surface area (TPSA) is 266 Å². The number of carboxylic acid groups (broad SMARTS) is 1. The summed E-state index contributed by atoms with van der Waals surface area (Å²) < 4.78 is 10.8. The molecule has 5 N–H and O–H groups in total. The Hall–Kier alpha value is -5.40. The number of carboxylic acids is 1. The second-order valence-corrected chi connectivity index (χ2v) is 36.3. The van der Waals surface area contributed by atoms with E-state index in [1.165, 1.54) is 193 Å². The van der Waals surface area contributed by atoms with E-state index >= 15 is 0 Å². The smallest absolute Gasteiger partial charge is 0.345 e. The number of esters is 2. The number of hydrogen-bond donors (Lipinski definition) is 4. The molecule has 2 aliphatic carbocycles. The van der Waals surface area contributed by atoms with Crippen molar-refractivity contribution in [1.29, 1.82) is 0 Å². The van der Waals surface area contributed by atoms with Crippen LogP contribution in [0.3, 0.4) is 0 Å². The van der Waals surface area contributed by atoms with Crippen LogP contribution in [0.1, 0.15) is 424 Å². The lowest BCUT2D eigenvalue weighted by molar-refractivity contribution is -0.164. The number of nitrogens with zero attached hydrogens (tertiary/aromatic N) is 2. The molecule has 4 unspecified atom stereocenters. The zero-order valence-electron chi connectivity index (χ0n) is 74.9. The number of ketones is 5. The number of ether oxygens (including phenoxy) is 2. The minimum absolute atomic E-state index is 0.0187. The van der Waals surface area contributed by atoms with E-state index in [-0.39, 0.29) is 84.8 Å². The van der Waals surface area contributed by atoms with Gasteiger partial charge in [0.15, 0.2) is 18.0 Å². The fraction of sp³-hybridized carbons (Fsp3) is 0.778. The van der Waals surface area contributed by atoms with E-state index in [1.807, 2.05) is 6.92 Å². The van der Waals surface area contributed by atoms with Gasteiger partial charge in [0.1, 0.15) is 11.6 Å². The highest BCUT2D eigenvalue weighted by atomic mass is 35.5. The van der Waals surface area contributed by atoms with Gasteiger partial charge in [-0.25, -0.2) is 4.79 Å². The van der Waals surface area contributed by atoms with Crippen LogP contribution in [0.5, 0.6) is 0 Å². The minimum Gasteiger partial charge on any atom is -0.479 e. The van der Waals surface area contributed by atoms with Crippen LogP contribution in [0.25, 0.3) is 0 Å². The second-order valence-electron chi connectivity index (χ2n) is 35.4. The molecule has 2 amide bonds. The average molecular weight is 1700 g/mol. The van der Waals surface area contributed by atoms with E-state index < -0.39 is 47.7 Å². The molecule has 0 aromatic heterocycles. The number of aliphatic carboxylic acids is 1. The van der Waals surface area contributed by atoms with Crippen LogP contribution in [-0.2, 0) is 70.3 Å². The normalized spacial score (nSPS) is 16.9. The zero-order valence-corrected chi connectivity index (χ0v) is 76.4. The highest BCUT2D eigenvalue weighted by molar-refractivity contribution is 6.37. The maximum atomic E-state index is 13.5. The van der Waals surface area contributed by atoms with Gasteiger partial charge in [-0.3, -0.25) is 53.0 Å². The molecule has 4 aliphatic rings. The summed E-state index contributed by atoms with van der Waals surface area (Å²) in [5, 5.41) is 16.4. The number of halogens is 2. The van der Waals surface area contributed by atoms with Crippen LogP contribution >= 0.6 is 23.2 Å². The van der Waals surface area contributed by atoms with Crippen molar-refractivity contribution in [3.05, 3.63) is 69.7 Å². The number of piperidine rings is 2. The molecule has 18 nitrogen and oxygen atoms in total. The second kappa shape index (κ2) is 66.2. The van der Waals surface area contributed by atoms with Crippen LogP contribution in [0.2, 0.25) is 10.0 Å². The predicted octanol–water partition coefficient (Wildman–Crippen LogP) is 23.1. The molecule has 4 fully saturated rings. The molecule has 4 atom stereocenters. The number of Topliss-reactive ketones (excluding diaryl/α,β-unsaturated/α-hetero) is 5. The van der Waals surface area contributed by atoms with Crippen molar-refractivity contribution in [3.8, 4) is 0 Å². The van der Waals surface area contributed by atoms with E-state index in [2.05, 4.69) is 41.2 Å². The van der Waals surface area contributed by atoms with Crippen LogP contribution in [0.4, 0.5) is 0 Å². The Morgan fingerprint density at radius 1 is 0.403 bits per heavy atom. The Labute approximate surface area is 729 Å². The maximum Gasteiger partial charge on any atom is 0.345 e. The van der Waals surface area contributed by atoms with Crippen LogP contribution in [-0.4, -0.2) is 142 Å². The standard InChI is InChI=1S/C50H81ClN2O6.C28H52O5.C21H30ClN3O2/c1-3-5-7-8-9-10-11-12-13-14-15-16-17-18-21-25-44(54)32-33-48(57)59-47(27-20-6-4-2)45(55)26-24-37-53-38-34-43(40-50(53)35-22-19-23-36-50)52-49(58)46(56)39-41-28-30-42(51)31-29-41;1-3-5-7-8-9-10-11-12-13-14-15-16-17-18-20-21-25(29)23-24-27(30)33-26(28(31)32)22-19-6-4-2;22-17-6-4-16(5-7-17)14-19(26)20(27)24-18-8-12-25(13-11-23)21(15-18)9-2-1-3-10-21/h28-31,43,47H,3-27,32-40H2,1-2H3,(H,52,58);26H,3-24H2,1-2H3,(H,31,32);4-7,18H,1-3,8-15,23H2,(H,24,27). The number of amides is 2. The lowest BCUT2D eigenvalue weighted by Crippen LogP contribution is -2.60. The van der Waals surface area contributed by atoms with Crippen molar-refractivity contribution >= 4 is 81.8 Å². The van der Waals surface area contributed by atoms with Crippen molar-refractivity contribution in [1.82, 2.24) is 20.4 Å². The summed E-state index contributed by atoms with van der Waals surface area (Å²) in [4.78, 5) is 130. The molecule has 0 radical (unpaired) electrons. The number of hydrogen-bond acceptors (Lipinski definition) is 15. The maximum absolute atomic E-state index is 13.5. The SMILES string of the molecule is CCCCCCCCCCCCCCCCCC(=O)CCC(=O)OC(CCCCC)C(=O)CCCN1CCC(NC(=O)C(=O)Cc2ccc(Cl)cc2)CC12CCCCC2.CCCCCCCCCCCCCCCCCC(=O)CCC(=O)OC(CCCCC)C(=O)O.NCCN1CCC(NC(=O)C(=O)Cc2ccc(Cl)cc2)CC12CCCCC2. The number of benzene rings is 2. The van der Waals surface area contributed by atoms with Gasteiger partial charge in [-0.15, -0.1) is 0 Å². The van der Waals surface area contributed by atoms with Gasteiger partial charge in [-0.1, -0.05) is 319 Å². The first-order chi connectivity index (χ1) is 57.7. The Morgan fingerprint density at radius 3 is 1.07 bits per heavy atom. The van der Waals surface area contributed by atoms with Crippen LogP contribution < -0.4 is 16.4 Å². The van der Waals surface area contributed by atoms with Crippen molar-refractivity contribution < 1.29 is 62.5 Å². The lowest BCUT2D eigenvalue weighted by atomic mass is 9.73. The molecular weight excluding hydrogens is 1540 g/mol. The van der Waals surface area contributed by atoms with E-state index in [0.717, 1.165) is 166 Å². The van der Waals surface area contributed by atoms with Crippen molar-refractivity contribution in [2.24, 2.45) is 5.73 Å². The summed E-state index contributed by atoms with van der Waals surface area (Å²) in [6.45, 7) is 12.8. The molecular formula is C99H163Cl2N5O13. The third-order valence-electron chi connectivity index (χ3n) is 25.3. The van der Waals surface area contributed by atoms with Crippen molar-refractivity contribution in [3.63, 3.8) is 0 Å². The van der Waals surface area contributed by atoms with E-state index in [0.29, 0.717) is 55.1 Å². The predicted molar refractivity (Wildman–Crippen MR) is 484 cm³/mol. The van der Waals surface area contributed by atoms with E-state index in [1.54, 1.807) is 48.5 Å². The summed E-state index contributed by atoms with van der Waals surface area (Å²) in [6, 6.07) is 14.1. The van der Waals surface area contributed by atoms with Gasteiger partial charge in [0, 0.05) is 104 Å². The fourth-order valence-electron chi connectivity index (χ4n) is 18.1. The molecule has 0 bridgehead atoms. The summed E-state index contributed by atoms with van der Waals surface area (Å²) in [5.74, 6) is -3.81. The molecule has 2 aromatic rings.